The summed E-state index contributed by atoms with van der Waals surface area (Å²) in [7, 11) is -3.85. The Labute approximate surface area is 168 Å². The first kappa shape index (κ1) is 22.5. The lowest BCUT2D eigenvalue weighted by molar-refractivity contribution is -0.0163. The molecule has 0 spiro atoms. The van der Waals surface area contributed by atoms with Gasteiger partial charge in [-0.2, -0.15) is 4.31 Å². The van der Waals surface area contributed by atoms with E-state index in [1.54, 1.807) is 19.1 Å². The smallest absolute Gasteiger partial charge is 0.244 e. The lowest BCUT2D eigenvalue weighted by atomic mass is 9.95. The molecular formula is C21H30N2O4S. The summed E-state index contributed by atoms with van der Waals surface area (Å²) >= 11 is 0. The van der Waals surface area contributed by atoms with Crippen molar-refractivity contribution in [3.63, 3.8) is 0 Å². The number of benzene rings is 1. The molecule has 7 heteroatoms. The van der Waals surface area contributed by atoms with Crippen LogP contribution in [-0.4, -0.2) is 48.5 Å². The number of Topliss-reactive ketones (excluding diaryl/α,β-unsaturated/α-hetero) is 1. The van der Waals surface area contributed by atoms with E-state index in [0.29, 0.717) is 25.1 Å². The Morgan fingerprint density at radius 2 is 1.75 bits per heavy atom. The van der Waals surface area contributed by atoms with Crippen molar-refractivity contribution in [2.45, 2.75) is 64.0 Å². The molecule has 0 saturated heterocycles. The van der Waals surface area contributed by atoms with Gasteiger partial charge in [-0.3, -0.25) is 10.2 Å². The summed E-state index contributed by atoms with van der Waals surface area (Å²) in [6.07, 6.45) is 3.42. The number of ketones is 1. The number of carbonyl (C=O) groups excluding carboxylic acids is 1. The second kappa shape index (κ2) is 7.89. The van der Waals surface area contributed by atoms with Crippen LogP contribution >= 0.6 is 0 Å². The molecule has 1 aliphatic rings. The molecule has 154 valence electrons. The summed E-state index contributed by atoms with van der Waals surface area (Å²) in [4.78, 5) is 12.4. The summed E-state index contributed by atoms with van der Waals surface area (Å²) in [5.74, 6) is -0.463. The van der Waals surface area contributed by atoms with Gasteiger partial charge in [-0.25, -0.2) is 8.42 Å². The minimum absolute atomic E-state index is 0.0914. The molecule has 0 aliphatic heterocycles. The maximum atomic E-state index is 13.5. The number of fused-ring (bicyclic) bond motifs is 1. The molecule has 0 saturated carbocycles. The number of carbonyl (C=O) groups is 1. The highest BCUT2D eigenvalue weighted by molar-refractivity contribution is 7.89. The van der Waals surface area contributed by atoms with Crippen molar-refractivity contribution in [3.8, 4) is 0 Å². The topological polar surface area (TPSA) is 87.5 Å². The highest BCUT2D eigenvalue weighted by atomic mass is 32.2. The molecule has 0 unspecified atom stereocenters. The van der Waals surface area contributed by atoms with Gasteiger partial charge in [-0.1, -0.05) is 25.1 Å². The first-order chi connectivity index (χ1) is 12.8. The van der Waals surface area contributed by atoms with Crippen LogP contribution in [0.3, 0.4) is 0 Å². The van der Waals surface area contributed by atoms with Gasteiger partial charge >= 0.3 is 0 Å². The van der Waals surface area contributed by atoms with Gasteiger partial charge in [0.2, 0.25) is 15.8 Å². The molecule has 0 bridgehead atoms. The zero-order chi connectivity index (χ0) is 21.3. The predicted molar refractivity (Wildman–Crippen MR) is 112 cm³/mol. The maximum Gasteiger partial charge on any atom is 0.244 e. The third kappa shape index (κ3) is 4.59. The maximum absolute atomic E-state index is 13.5. The standard InChI is InChI=1S/C21H30N2O4S/c1-7-23(21(5,6)13-14-27-20(2,3)4)28(25,26)18-10-8-9-16-15(18)11-12-17(22)19(16)24/h8-12,22H,7,13-14H2,1-6H3. The Hall–Kier alpha value is -1.83. The number of sulfonamides is 1. The fraction of sp³-hybridized carbons (Fsp3) is 0.524. The Morgan fingerprint density at radius 3 is 2.32 bits per heavy atom. The summed E-state index contributed by atoms with van der Waals surface area (Å²) in [6, 6.07) is 4.64. The normalized spacial score (nSPS) is 15.2. The fourth-order valence-corrected chi connectivity index (χ4v) is 5.33. The van der Waals surface area contributed by atoms with Crippen molar-refractivity contribution in [2.24, 2.45) is 0 Å². The zero-order valence-electron chi connectivity index (χ0n) is 17.5. The Balaban J connectivity index is 2.42. The quantitative estimate of drug-likeness (QED) is 0.744. The molecule has 0 amide bonds. The van der Waals surface area contributed by atoms with Gasteiger partial charge in [0.1, 0.15) is 5.71 Å². The van der Waals surface area contributed by atoms with Gasteiger partial charge in [0.05, 0.1) is 10.5 Å². The molecule has 1 aromatic carbocycles. The second-order valence-corrected chi connectivity index (χ2v) is 10.3. The molecule has 6 nitrogen and oxygen atoms in total. The van der Waals surface area contributed by atoms with E-state index in [-0.39, 0.29) is 21.8 Å². The zero-order valence-corrected chi connectivity index (χ0v) is 18.3. The molecule has 1 N–H and O–H groups in total. The lowest BCUT2D eigenvalue weighted by Crippen LogP contribution is -2.48. The van der Waals surface area contributed by atoms with E-state index in [2.05, 4.69) is 0 Å². The van der Waals surface area contributed by atoms with Crippen molar-refractivity contribution in [3.05, 3.63) is 35.4 Å². The Kier molecular flexibility index (Phi) is 6.33. The molecular weight excluding hydrogens is 376 g/mol. The first-order valence-electron chi connectivity index (χ1n) is 9.42. The van der Waals surface area contributed by atoms with E-state index in [9.17, 15) is 13.2 Å². The Morgan fingerprint density at radius 1 is 1.11 bits per heavy atom. The van der Waals surface area contributed by atoms with Crippen LogP contribution in [0, 0.1) is 5.41 Å². The van der Waals surface area contributed by atoms with Crippen LogP contribution in [0.1, 0.15) is 63.9 Å². The van der Waals surface area contributed by atoms with Crippen LogP contribution in [0.5, 0.6) is 0 Å². The minimum atomic E-state index is -3.85. The monoisotopic (exact) mass is 406 g/mol. The summed E-state index contributed by atoms with van der Waals surface area (Å²) < 4.78 is 34.3. The number of hydrogen-bond acceptors (Lipinski definition) is 5. The van der Waals surface area contributed by atoms with Crippen molar-refractivity contribution in [2.75, 3.05) is 13.2 Å². The molecule has 1 aromatic rings. The van der Waals surface area contributed by atoms with Crippen molar-refractivity contribution in [1.82, 2.24) is 4.31 Å². The molecule has 0 heterocycles. The van der Waals surface area contributed by atoms with Crippen LogP contribution in [0.2, 0.25) is 0 Å². The van der Waals surface area contributed by atoms with Crippen molar-refractivity contribution < 1.29 is 17.9 Å². The SMILES string of the molecule is CCN(C(C)(C)CCOC(C)(C)C)S(=O)(=O)c1cccc2c1C=CC(=N)C2=O. The molecule has 2 rings (SSSR count). The molecule has 0 aromatic heterocycles. The van der Waals surface area contributed by atoms with Crippen LogP contribution in [-0.2, 0) is 14.8 Å². The second-order valence-electron chi connectivity index (χ2n) is 8.49. The van der Waals surface area contributed by atoms with Gasteiger partial charge in [0.25, 0.3) is 0 Å². The molecule has 0 fully saturated rings. The average molecular weight is 407 g/mol. The van der Waals surface area contributed by atoms with Crippen LogP contribution in [0.25, 0.3) is 6.08 Å². The highest BCUT2D eigenvalue weighted by Crippen LogP contribution is 2.32. The average Bonchev–Trinajstić information content (AvgIpc) is 2.56. The van der Waals surface area contributed by atoms with Gasteiger partial charge in [0.15, 0.2) is 0 Å². The third-order valence-corrected chi connectivity index (χ3v) is 7.00. The summed E-state index contributed by atoms with van der Waals surface area (Å²) in [5.41, 5.74) is -0.507. The predicted octanol–water partition coefficient (Wildman–Crippen LogP) is 3.91. The molecule has 0 atom stereocenters. The van der Waals surface area contributed by atoms with Gasteiger partial charge in [-0.15, -0.1) is 0 Å². The van der Waals surface area contributed by atoms with Gasteiger partial charge in [0, 0.05) is 29.8 Å². The van der Waals surface area contributed by atoms with Crippen molar-refractivity contribution >= 4 is 27.6 Å². The number of rotatable bonds is 7. The van der Waals surface area contributed by atoms with Crippen LogP contribution in [0.4, 0.5) is 0 Å². The number of ether oxygens (including phenoxy) is 1. The van der Waals surface area contributed by atoms with E-state index < -0.39 is 21.3 Å². The van der Waals surface area contributed by atoms with E-state index in [4.69, 9.17) is 10.1 Å². The molecule has 0 radical (unpaired) electrons. The number of allylic oxidation sites excluding steroid dienone is 1. The molecule has 28 heavy (non-hydrogen) atoms. The summed E-state index contributed by atoms with van der Waals surface area (Å²) in [6.45, 7) is 12.2. The lowest BCUT2D eigenvalue weighted by Gasteiger charge is -2.38. The minimum Gasteiger partial charge on any atom is -0.376 e. The van der Waals surface area contributed by atoms with Crippen LogP contribution < -0.4 is 0 Å². The largest absolute Gasteiger partial charge is 0.376 e. The number of nitrogens with zero attached hydrogens (tertiary/aromatic N) is 1. The molecule has 1 aliphatic carbocycles. The number of nitrogens with one attached hydrogen (secondary N) is 1. The van der Waals surface area contributed by atoms with E-state index in [1.807, 2.05) is 34.6 Å². The summed E-state index contributed by atoms with van der Waals surface area (Å²) in [5, 5.41) is 7.69. The first-order valence-corrected chi connectivity index (χ1v) is 10.9. The van der Waals surface area contributed by atoms with Crippen molar-refractivity contribution in [1.29, 1.82) is 5.41 Å². The fourth-order valence-electron chi connectivity index (χ4n) is 3.30. The van der Waals surface area contributed by atoms with Gasteiger partial charge < -0.3 is 4.74 Å². The Bertz CT molecular complexity index is 909. The van der Waals surface area contributed by atoms with E-state index in [0.717, 1.165) is 0 Å². The third-order valence-electron chi connectivity index (χ3n) is 4.75. The number of hydrogen-bond donors (Lipinski definition) is 1. The highest BCUT2D eigenvalue weighted by Gasteiger charge is 2.38. The van der Waals surface area contributed by atoms with Gasteiger partial charge in [-0.05, 0) is 53.2 Å². The van der Waals surface area contributed by atoms with Crippen LogP contribution in [0.15, 0.2) is 29.2 Å². The van der Waals surface area contributed by atoms with E-state index >= 15 is 0 Å². The van der Waals surface area contributed by atoms with E-state index in [1.165, 1.54) is 22.5 Å².